The van der Waals surface area contributed by atoms with Crippen LogP contribution in [0.25, 0.3) is 6.08 Å². The van der Waals surface area contributed by atoms with E-state index in [0.717, 1.165) is 37.3 Å². The van der Waals surface area contributed by atoms with Crippen LogP contribution in [0.4, 0.5) is 26.3 Å². The van der Waals surface area contributed by atoms with E-state index in [9.17, 15) is 26.3 Å². The molecule has 2 saturated carbocycles. The molecule has 0 bridgehead atoms. The molecule has 7 nitrogen and oxygen atoms in total. The second kappa shape index (κ2) is 12.3. The molecule has 2 aliphatic carbocycles. The van der Waals surface area contributed by atoms with E-state index in [0.29, 0.717) is 5.41 Å². The standard InChI is InChI=1S/C22H30N2O.2C2HF3O2/c1-2-17(8-16-6-4-3-5-7-16)20-9-21(20)23-18-10-22(11-18)14-24(15-22)19-12-25-13-19;2*3-2(4,5)1(6)7/h3-8,18-21,23H,2,9-15H2,1H3;2*(H,6,7)/b17-8+;;/t20-,21+;;/m0../s1. The molecule has 0 amide bonds. The monoisotopic (exact) mass is 566 g/mol. The van der Waals surface area contributed by atoms with E-state index in [1.54, 1.807) is 5.57 Å². The van der Waals surface area contributed by atoms with Gasteiger partial charge in [-0.15, -0.1) is 0 Å². The number of hydrogen-bond acceptors (Lipinski definition) is 5. The van der Waals surface area contributed by atoms with Crippen molar-refractivity contribution in [1.82, 2.24) is 10.2 Å². The number of halogens is 6. The molecule has 13 heteroatoms. The highest BCUT2D eigenvalue weighted by Gasteiger charge is 2.55. The molecule has 3 N–H and O–H groups in total. The molecule has 2 atom stereocenters. The Hall–Kier alpha value is -2.64. The molecule has 1 spiro atoms. The topological polar surface area (TPSA) is 99.1 Å². The summed E-state index contributed by atoms with van der Waals surface area (Å²) in [6.07, 6.45) is -2.46. The van der Waals surface area contributed by atoms with E-state index in [-0.39, 0.29) is 0 Å². The number of benzene rings is 1. The summed E-state index contributed by atoms with van der Waals surface area (Å²) in [6, 6.07) is 13.0. The average molecular weight is 567 g/mol. The smallest absolute Gasteiger partial charge is 0.475 e. The summed E-state index contributed by atoms with van der Waals surface area (Å²) < 4.78 is 68.8. The van der Waals surface area contributed by atoms with Crippen molar-refractivity contribution in [3.8, 4) is 0 Å². The number of ether oxygens (including phenoxy) is 1. The lowest BCUT2D eigenvalue weighted by molar-refractivity contribution is -0.193. The maximum Gasteiger partial charge on any atom is 0.490 e. The Labute approximate surface area is 221 Å². The third-order valence-corrected chi connectivity index (χ3v) is 7.33. The van der Waals surface area contributed by atoms with Crippen LogP contribution in [-0.4, -0.2) is 83.8 Å². The molecule has 0 radical (unpaired) electrons. The predicted octanol–water partition coefficient (Wildman–Crippen LogP) is 4.59. The van der Waals surface area contributed by atoms with Gasteiger partial charge in [0.25, 0.3) is 0 Å². The zero-order valence-corrected chi connectivity index (χ0v) is 21.3. The van der Waals surface area contributed by atoms with Crippen LogP contribution in [0, 0.1) is 11.3 Å². The molecule has 1 aromatic rings. The van der Waals surface area contributed by atoms with Gasteiger partial charge in [0.2, 0.25) is 0 Å². The molecule has 0 unspecified atom stereocenters. The van der Waals surface area contributed by atoms with Crippen LogP contribution in [0.2, 0.25) is 0 Å². The van der Waals surface area contributed by atoms with Crippen LogP contribution < -0.4 is 5.32 Å². The quantitative estimate of drug-likeness (QED) is 0.434. The number of rotatable bonds is 6. The summed E-state index contributed by atoms with van der Waals surface area (Å²) in [7, 11) is 0. The zero-order valence-electron chi connectivity index (χ0n) is 21.3. The number of alkyl halides is 6. The molecular weight excluding hydrogens is 534 g/mol. The van der Waals surface area contributed by atoms with E-state index >= 15 is 0 Å². The molecule has 1 aromatic carbocycles. The Bertz CT molecular complexity index is 988. The summed E-state index contributed by atoms with van der Waals surface area (Å²) in [6.45, 7) is 6.88. The van der Waals surface area contributed by atoms with Gasteiger partial charge in [0.15, 0.2) is 0 Å². The summed E-state index contributed by atoms with van der Waals surface area (Å²) in [5, 5.41) is 18.2. The lowest BCUT2D eigenvalue weighted by Gasteiger charge is -2.62. The molecule has 0 aromatic heterocycles. The molecule has 2 heterocycles. The van der Waals surface area contributed by atoms with Crippen molar-refractivity contribution in [2.75, 3.05) is 26.3 Å². The van der Waals surface area contributed by atoms with Crippen molar-refractivity contribution >= 4 is 18.0 Å². The van der Waals surface area contributed by atoms with Gasteiger partial charge < -0.3 is 20.3 Å². The third kappa shape index (κ3) is 8.67. The molecule has 5 rings (SSSR count). The number of carboxylic acid groups (broad SMARTS) is 2. The minimum Gasteiger partial charge on any atom is -0.475 e. The third-order valence-electron chi connectivity index (χ3n) is 7.33. The fourth-order valence-corrected chi connectivity index (χ4v) is 5.20. The molecule has 2 saturated heterocycles. The maximum absolute atomic E-state index is 10.6. The first-order valence-electron chi connectivity index (χ1n) is 12.6. The SMILES string of the molecule is CC/C(=C\c1ccccc1)[C@@H]1C[C@H]1NC1CC2(C1)CN(C1COC1)C2.O=C(O)C(F)(F)F.O=C(O)C(F)(F)F. The Balaban J connectivity index is 0.000000251. The van der Waals surface area contributed by atoms with Crippen LogP contribution in [0.3, 0.4) is 0 Å². The molecule has 4 fully saturated rings. The van der Waals surface area contributed by atoms with E-state index < -0.39 is 24.3 Å². The summed E-state index contributed by atoms with van der Waals surface area (Å²) in [5.74, 6) is -4.74. The van der Waals surface area contributed by atoms with Crippen molar-refractivity contribution in [3.05, 3.63) is 41.5 Å². The molecule has 2 aliphatic heterocycles. The Morgan fingerprint density at radius 1 is 1.03 bits per heavy atom. The van der Waals surface area contributed by atoms with Gasteiger partial charge in [-0.3, -0.25) is 4.90 Å². The van der Waals surface area contributed by atoms with Crippen molar-refractivity contribution in [3.63, 3.8) is 0 Å². The van der Waals surface area contributed by atoms with E-state index in [1.807, 2.05) is 0 Å². The van der Waals surface area contributed by atoms with Crippen LogP contribution in [-0.2, 0) is 14.3 Å². The van der Waals surface area contributed by atoms with Crippen LogP contribution in [0.5, 0.6) is 0 Å². The second-order valence-corrected chi connectivity index (χ2v) is 10.4. The fraction of sp³-hybridized carbons (Fsp3) is 0.615. The van der Waals surface area contributed by atoms with Crippen molar-refractivity contribution in [2.24, 2.45) is 11.3 Å². The van der Waals surface area contributed by atoms with Gasteiger partial charge in [0, 0.05) is 25.2 Å². The number of nitrogens with zero attached hydrogens (tertiary/aromatic N) is 1. The van der Waals surface area contributed by atoms with Gasteiger partial charge in [-0.05, 0) is 42.6 Å². The molecular formula is C26H32F6N2O5. The minimum absolute atomic E-state index is 0.658. The van der Waals surface area contributed by atoms with E-state index in [2.05, 4.69) is 53.5 Å². The lowest BCUT2D eigenvalue weighted by atomic mass is 9.60. The van der Waals surface area contributed by atoms with Gasteiger partial charge >= 0.3 is 24.3 Å². The van der Waals surface area contributed by atoms with Gasteiger partial charge in [-0.2, -0.15) is 26.3 Å². The van der Waals surface area contributed by atoms with Gasteiger partial charge in [0.1, 0.15) is 0 Å². The Kier molecular flexibility index (Phi) is 9.71. The van der Waals surface area contributed by atoms with Gasteiger partial charge in [0.05, 0.1) is 19.3 Å². The second-order valence-electron chi connectivity index (χ2n) is 10.4. The number of hydrogen-bond donors (Lipinski definition) is 3. The van der Waals surface area contributed by atoms with Crippen LogP contribution >= 0.6 is 0 Å². The van der Waals surface area contributed by atoms with Crippen molar-refractivity contribution in [2.45, 2.75) is 63.1 Å². The molecule has 39 heavy (non-hydrogen) atoms. The van der Waals surface area contributed by atoms with Crippen LogP contribution in [0.15, 0.2) is 35.9 Å². The largest absolute Gasteiger partial charge is 0.490 e. The first kappa shape index (κ1) is 30.9. The average Bonchev–Trinajstić information content (AvgIpc) is 3.52. The molecule has 4 aliphatic rings. The van der Waals surface area contributed by atoms with Crippen LogP contribution in [0.1, 0.15) is 38.2 Å². The highest BCUT2D eigenvalue weighted by molar-refractivity contribution is 5.73. The predicted molar refractivity (Wildman–Crippen MR) is 129 cm³/mol. The minimum atomic E-state index is -5.08. The number of aliphatic carboxylic acids is 2. The summed E-state index contributed by atoms with van der Waals surface area (Å²) >= 11 is 0. The summed E-state index contributed by atoms with van der Waals surface area (Å²) in [4.78, 5) is 20.4. The number of carboxylic acids is 2. The first-order chi connectivity index (χ1) is 18.1. The maximum atomic E-state index is 10.6. The van der Waals surface area contributed by atoms with Crippen molar-refractivity contribution < 1.29 is 50.9 Å². The number of likely N-dealkylation sites (tertiary alicyclic amines) is 1. The Morgan fingerprint density at radius 2 is 1.54 bits per heavy atom. The zero-order chi connectivity index (χ0) is 29.0. The van der Waals surface area contributed by atoms with Gasteiger partial charge in [-0.1, -0.05) is 48.9 Å². The normalized spacial score (nSPS) is 24.6. The lowest BCUT2D eigenvalue weighted by Crippen LogP contribution is -2.70. The number of nitrogens with one attached hydrogen (secondary N) is 1. The summed E-state index contributed by atoms with van der Waals surface area (Å²) in [5.41, 5.74) is 3.63. The highest BCUT2D eigenvalue weighted by atomic mass is 19.4. The Morgan fingerprint density at radius 3 is 1.95 bits per heavy atom. The van der Waals surface area contributed by atoms with E-state index in [4.69, 9.17) is 24.5 Å². The number of carbonyl (C=O) groups is 2. The first-order valence-corrected chi connectivity index (χ1v) is 12.6. The van der Waals surface area contributed by atoms with Gasteiger partial charge in [-0.25, -0.2) is 9.59 Å². The molecule has 218 valence electrons. The van der Waals surface area contributed by atoms with E-state index in [1.165, 1.54) is 44.3 Å². The van der Waals surface area contributed by atoms with Crippen molar-refractivity contribution in [1.29, 1.82) is 0 Å². The highest BCUT2D eigenvalue weighted by Crippen LogP contribution is 2.51. The fourth-order valence-electron chi connectivity index (χ4n) is 5.20.